The van der Waals surface area contributed by atoms with E-state index in [-0.39, 0.29) is 5.57 Å². The van der Waals surface area contributed by atoms with Gasteiger partial charge in [0.2, 0.25) is 0 Å². The number of aliphatic carboxylic acids is 1. The second-order valence-electron chi connectivity index (χ2n) is 9.89. The third-order valence-corrected chi connectivity index (χ3v) is 7.87. The fraction of sp³-hybridized carbons (Fsp3) is 0. The summed E-state index contributed by atoms with van der Waals surface area (Å²) < 4.78 is 11.3. The fourth-order valence-electron chi connectivity index (χ4n) is 5.30. The molecule has 2 heterocycles. The SMILES string of the molecule is N#C/C(=C/c1ccc(-c2ccc(C#Cc3ccc(-n4c5ccccc5c5ccccc54)cc3)c3nsnc23)cc1)C(=O)O. The second kappa shape index (κ2) is 10.8. The lowest BCUT2D eigenvalue weighted by molar-refractivity contribution is -0.132. The summed E-state index contributed by atoms with van der Waals surface area (Å²) in [5, 5.41) is 20.6. The molecular weight excluding hydrogens is 552 g/mol. The molecule has 1 N–H and O–H groups in total. The van der Waals surface area contributed by atoms with Gasteiger partial charge in [0.1, 0.15) is 22.7 Å². The van der Waals surface area contributed by atoms with Crippen molar-refractivity contribution >= 4 is 56.6 Å². The Morgan fingerprint density at radius 2 is 1.42 bits per heavy atom. The molecule has 0 aliphatic heterocycles. The average Bonchev–Trinajstić information content (AvgIpc) is 3.67. The minimum atomic E-state index is -1.25. The number of aromatic nitrogens is 3. The third kappa shape index (κ3) is 4.70. The van der Waals surface area contributed by atoms with Crippen LogP contribution in [0, 0.1) is 23.2 Å². The summed E-state index contributed by atoms with van der Waals surface area (Å²) in [5.41, 5.74) is 8.70. The number of carboxylic acids is 1. The Balaban J connectivity index is 1.19. The van der Waals surface area contributed by atoms with E-state index < -0.39 is 5.97 Å². The first-order valence-corrected chi connectivity index (χ1v) is 14.2. The molecule has 6 nitrogen and oxygen atoms in total. The van der Waals surface area contributed by atoms with Crippen molar-refractivity contribution in [1.29, 1.82) is 5.26 Å². The van der Waals surface area contributed by atoms with E-state index in [2.05, 4.69) is 85.8 Å². The number of nitrogens with zero attached hydrogens (tertiary/aromatic N) is 4. The van der Waals surface area contributed by atoms with Crippen LogP contribution in [0.2, 0.25) is 0 Å². The summed E-state index contributed by atoms with van der Waals surface area (Å²) in [6, 6.07) is 38.1. The van der Waals surface area contributed by atoms with Crippen LogP contribution in [0.1, 0.15) is 16.7 Å². The lowest BCUT2D eigenvalue weighted by Gasteiger charge is -2.07. The molecule has 0 saturated carbocycles. The van der Waals surface area contributed by atoms with E-state index in [1.54, 1.807) is 18.2 Å². The monoisotopic (exact) mass is 572 g/mol. The number of rotatable bonds is 4. The van der Waals surface area contributed by atoms with Gasteiger partial charge in [-0.15, -0.1) is 0 Å². The van der Waals surface area contributed by atoms with Crippen LogP contribution >= 0.6 is 11.7 Å². The summed E-state index contributed by atoms with van der Waals surface area (Å²) in [6.07, 6.45) is 1.35. The van der Waals surface area contributed by atoms with E-state index in [1.165, 1.54) is 27.9 Å². The number of nitriles is 1. The topological polar surface area (TPSA) is 91.8 Å². The zero-order valence-corrected chi connectivity index (χ0v) is 23.3. The number of benzene rings is 5. The molecule has 2 aromatic heterocycles. The molecule has 43 heavy (non-hydrogen) atoms. The lowest BCUT2D eigenvalue weighted by atomic mass is 10.00. The van der Waals surface area contributed by atoms with E-state index in [4.69, 9.17) is 10.4 Å². The maximum atomic E-state index is 11.1. The molecule has 0 aliphatic carbocycles. The van der Waals surface area contributed by atoms with Gasteiger partial charge in [0.05, 0.1) is 28.3 Å². The van der Waals surface area contributed by atoms with Crippen LogP contribution in [-0.4, -0.2) is 24.4 Å². The minimum Gasteiger partial charge on any atom is -0.477 e. The lowest BCUT2D eigenvalue weighted by Crippen LogP contribution is -1.97. The zero-order valence-electron chi connectivity index (χ0n) is 22.5. The van der Waals surface area contributed by atoms with Crippen molar-refractivity contribution in [2.24, 2.45) is 0 Å². The third-order valence-electron chi connectivity index (χ3n) is 7.35. The molecule has 0 aliphatic rings. The largest absolute Gasteiger partial charge is 0.477 e. The van der Waals surface area contributed by atoms with E-state index in [0.717, 1.165) is 50.7 Å². The molecule has 0 radical (unpaired) electrons. The molecule has 5 aromatic carbocycles. The fourth-order valence-corrected chi connectivity index (χ4v) is 5.88. The van der Waals surface area contributed by atoms with Crippen molar-refractivity contribution in [3.8, 4) is 34.7 Å². The molecule has 202 valence electrons. The van der Waals surface area contributed by atoms with E-state index in [1.807, 2.05) is 36.4 Å². The molecule has 0 fully saturated rings. The van der Waals surface area contributed by atoms with Crippen molar-refractivity contribution in [1.82, 2.24) is 13.3 Å². The van der Waals surface area contributed by atoms with Crippen LogP contribution in [0.15, 0.2) is 115 Å². The summed E-state index contributed by atoms with van der Waals surface area (Å²) in [7, 11) is 0. The Bertz CT molecular complexity index is 2270. The van der Waals surface area contributed by atoms with Crippen LogP contribution in [0.4, 0.5) is 0 Å². The van der Waals surface area contributed by atoms with Crippen LogP contribution in [0.25, 0.3) is 55.7 Å². The van der Waals surface area contributed by atoms with E-state index >= 15 is 0 Å². The van der Waals surface area contributed by atoms with Gasteiger partial charge in [-0.05, 0) is 59.7 Å². The highest BCUT2D eigenvalue weighted by molar-refractivity contribution is 7.00. The first-order chi connectivity index (χ1) is 21.1. The Morgan fingerprint density at radius 1 is 0.767 bits per heavy atom. The molecule has 0 unspecified atom stereocenters. The second-order valence-corrected chi connectivity index (χ2v) is 10.4. The van der Waals surface area contributed by atoms with Gasteiger partial charge < -0.3 is 9.67 Å². The molecule has 0 spiro atoms. The number of carbonyl (C=O) groups is 1. The molecule has 0 amide bonds. The summed E-state index contributed by atoms with van der Waals surface area (Å²) in [5.74, 6) is 5.32. The normalized spacial score (nSPS) is 11.4. The van der Waals surface area contributed by atoms with Gasteiger partial charge >= 0.3 is 5.97 Å². The van der Waals surface area contributed by atoms with Gasteiger partial charge in [-0.25, -0.2) is 4.79 Å². The average molecular weight is 573 g/mol. The van der Waals surface area contributed by atoms with Gasteiger partial charge in [0, 0.05) is 27.6 Å². The van der Waals surface area contributed by atoms with Crippen molar-refractivity contribution in [3.05, 3.63) is 131 Å². The Hall–Kier alpha value is -6.02. The number of hydrogen-bond donors (Lipinski definition) is 1. The van der Waals surface area contributed by atoms with E-state index in [9.17, 15) is 4.79 Å². The van der Waals surface area contributed by atoms with Gasteiger partial charge in [0.25, 0.3) is 0 Å². The zero-order chi connectivity index (χ0) is 29.3. The van der Waals surface area contributed by atoms with Crippen molar-refractivity contribution in [2.75, 3.05) is 0 Å². The number of para-hydroxylation sites is 2. The highest BCUT2D eigenvalue weighted by Crippen LogP contribution is 2.32. The highest BCUT2D eigenvalue weighted by Gasteiger charge is 2.13. The molecule has 7 heteroatoms. The molecule has 7 aromatic rings. The number of hydrogen-bond acceptors (Lipinski definition) is 5. The summed E-state index contributed by atoms with van der Waals surface area (Å²) in [4.78, 5) is 11.1. The van der Waals surface area contributed by atoms with Crippen LogP contribution in [0.5, 0.6) is 0 Å². The quantitative estimate of drug-likeness (QED) is 0.132. The van der Waals surface area contributed by atoms with Gasteiger partial charge in [-0.1, -0.05) is 78.6 Å². The summed E-state index contributed by atoms with van der Waals surface area (Å²) >= 11 is 1.14. The van der Waals surface area contributed by atoms with Gasteiger partial charge in [0.15, 0.2) is 0 Å². The molecule has 0 saturated heterocycles. The first kappa shape index (κ1) is 25.9. The van der Waals surface area contributed by atoms with Crippen LogP contribution < -0.4 is 0 Å². The van der Waals surface area contributed by atoms with Crippen LogP contribution in [-0.2, 0) is 4.79 Å². The summed E-state index contributed by atoms with van der Waals surface area (Å²) in [6.45, 7) is 0. The maximum Gasteiger partial charge on any atom is 0.346 e. The standard InChI is InChI=1S/C36H20N4O2S/c37-22-27(36(41)42)21-24-10-14-25(15-11-24)29-20-17-26(34-35(29)39-43-38-34)16-9-23-12-18-28(19-13-23)40-32-7-3-1-5-30(32)31-6-2-4-8-33(31)40/h1-8,10-15,17-21H,(H,41,42)/b27-21-. The van der Waals surface area contributed by atoms with Gasteiger partial charge in [-0.2, -0.15) is 14.0 Å². The predicted octanol–water partition coefficient (Wildman–Crippen LogP) is 7.85. The van der Waals surface area contributed by atoms with Crippen molar-refractivity contribution < 1.29 is 9.90 Å². The number of carboxylic acid groups (broad SMARTS) is 1. The highest BCUT2D eigenvalue weighted by atomic mass is 32.1. The van der Waals surface area contributed by atoms with Gasteiger partial charge in [-0.3, -0.25) is 0 Å². The van der Waals surface area contributed by atoms with Crippen LogP contribution in [0.3, 0.4) is 0 Å². The molecule has 7 rings (SSSR count). The molecular formula is C36H20N4O2S. The Morgan fingerprint density at radius 3 is 2.07 bits per heavy atom. The Labute approximate surface area is 250 Å². The smallest absolute Gasteiger partial charge is 0.346 e. The predicted molar refractivity (Wildman–Crippen MR) is 171 cm³/mol. The maximum absolute atomic E-state index is 11.1. The van der Waals surface area contributed by atoms with Crippen molar-refractivity contribution in [3.63, 3.8) is 0 Å². The minimum absolute atomic E-state index is 0.317. The molecule has 0 atom stereocenters. The Kier molecular flexibility index (Phi) is 6.48. The van der Waals surface area contributed by atoms with Crippen molar-refractivity contribution in [2.45, 2.75) is 0 Å². The number of fused-ring (bicyclic) bond motifs is 4. The molecule has 0 bridgehead atoms. The first-order valence-electron chi connectivity index (χ1n) is 13.4. The van der Waals surface area contributed by atoms with E-state index in [0.29, 0.717) is 5.56 Å².